The minimum atomic E-state index is -4.72. The van der Waals surface area contributed by atoms with Crippen LogP contribution in [0.5, 0.6) is 0 Å². The Kier molecular flexibility index (Phi) is 56.9. The third-order valence-electron chi connectivity index (χ3n) is 13.9. The Hall–Kier alpha value is -3.59. The van der Waals surface area contributed by atoms with E-state index in [9.17, 15) is 19.0 Å². The van der Waals surface area contributed by atoms with E-state index in [1.807, 2.05) is 33.3 Å². The number of hydrogen-bond donors (Lipinski definition) is 1. The molecule has 1 amide bonds. The molecule has 0 rings (SSSR count). The van der Waals surface area contributed by atoms with E-state index >= 15 is 0 Å². The van der Waals surface area contributed by atoms with Crippen molar-refractivity contribution in [2.24, 2.45) is 0 Å². The van der Waals surface area contributed by atoms with Gasteiger partial charge in [-0.2, -0.15) is 0 Å². The molecule has 0 saturated heterocycles. The number of phosphoric ester groups is 1. The molecule has 0 heterocycles. The van der Waals surface area contributed by atoms with Gasteiger partial charge < -0.3 is 28.5 Å². The first-order valence-corrected chi connectivity index (χ1v) is 34.3. The predicted octanol–water partition coefficient (Wildman–Crippen LogP) is 20.0. The second-order valence-corrected chi connectivity index (χ2v) is 24.3. The van der Waals surface area contributed by atoms with E-state index in [4.69, 9.17) is 13.8 Å². The zero-order valence-electron chi connectivity index (χ0n) is 52.9. The number of carbonyl (C=O) groups excluding carboxylic acids is 2. The minimum Gasteiger partial charge on any atom is -0.756 e. The van der Waals surface area contributed by atoms with Gasteiger partial charge in [0.15, 0.2) is 0 Å². The van der Waals surface area contributed by atoms with E-state index in [0.717, 1.165) is 135 Å². The lowest BCUT2D eigenvalue weighted by Crippen LogP contribution is -2.47. The largest absolute Gasteiger partial charge is 0.756 e. The molecule has 81 heavy (non-hydrogen) atoms. The molecule has 3 atom stereocenters. The molecule has 9 nitrogen and oxygen atoms in total. The lowest BCUT2D eigenvalue weighted by molar-refractivity contribution is -0.870. The molecule has 0 aromatic heterocycles. The van der Waals surface area contributed by atoms with Crippen molar-refractivity contribution < 1.29 is 37.3 Å². The van der Waals surface area contributed by atoms with Gasteiger partial charge >= 0.3 is 5.97 Å². The van der Waals surface area contributed by atoms with E-state index in [0.29, 0.717) is 23.9 Å². The summed E-state index contributed by atoms with van der Waals surface area (Å²) >= 11 is 0. The van der Waals surface area contributed by atoms with Crippen LogP contribution in [0.2, 0.25) is 0 Å². The molecule has 10 heteroatoms. The van der Waals surface area contributed by atoms with E-state index in [1.54, 1.807) is 0 Å². The molecule has 0 aliphatic heterocycles. The summed E-state index contributed by atoms with van der Waals surface area (Å²) in [5, 5.41) is 3.02. The van der Waals surface area contributed by atoms with Crippen LogP contribution in [0, 0.1) is 0 Å². The van der Waals surface area contributed by atoms with Crippen molar-refractivity contribution in [2.75, 3.05) is 40.9 Å². The van der Waals surface area contributed by atoms with E-state index in [-0.39, 0.29) is 31.3 Å². The number of nitrogens with zero attached hydrogens (tertiary/aromatic N) is 1. The Morgan fingerprint density at radius 2 is 0.790 bits per heavy atom. The fourth-order valence-electron chi connectivity index (χ4n) is 8.83. The number of allylic oxidation sites excluding steroid dienone is 19. The van der Waals surface area contributed by atoms with Gasteiger partial charge in [0, 0.05) is 12.8 Å². The van der Waals surface area contributed by atoms with Crippen molar-refractivity contribution >= 4 is 19.7 Å². The Labute approximate surface area is 499 Å². The average molecular weight is 1150 g/mol. The van der Waals surface area contributed by atoms with Crippen LogP contribution in [0.15, 0.2) is 122 Å². The van der Waals surface area contributed by atoms with Gasteiger partial charge in [0.25, 0.3) is 7.82 Å². The lowest BCUT2D eigenvalue weighted by atomic mass is 10.0. The number of hydrogen-bond acceptors (Lipinski definition) is 7. The quantitative estimate of drug-likeness (QED) is 0.0212. The van der Waals surface area contributed by atoms with E-state index in [2.05, 4.69) is 135 Å². The number of rotatable bonds is 58. The van der Waals surface area contributed by atoms with Gasteiger partial charge in [-0.25, -0.2) is 0 Å². The normalized spacial score (nSPS) is 14.4. The van der Waals surface area contributed by atoms with Crippen molar-refractivity contribution in [2.45, 2.75) is 277 Å². The minimum absolute atomic E-state index is 0.0363. The monoisotopic (exact) mass is 1150 g/mol. The molecule has 464 valence electrons. The molecule has 0 saturated carbocycles. The molecular weight excluding hydrogens is 1020 g/mol. The highest BCUT2D eigenvalue weighted by Gasteiger charge is 2.27. The maximum atomic E-state index is 13.6. The van der Waals surface area contributed by atoms with Crippen LogP contribution in [0.4, 0.5) is 0 Å². The predicted molar refractivity (Wildman–Crippen MR) is 348 cm³/mol. The summed E-state index contributed by atoms with van der Waals surface area (Å²) in [5.74, 6) is -0.589. The molecule has 1 N–H and O–H groups in total. The Morgan fingerprint density at radius 1 is 0.444 bits per heavy atom. The molecule has 0 spiro atoms. The van der Waals surface area contributed by atoms with Gasteiger partial charge in [0.05, 0.1) is 33.8 Å². The summed E-state index contributed by atoms with van der Waals surface area (Å²) in [5.41, 5.74) is 0. The fraction of sp³-hybridized carbons (Fsp3) is 0.690. The van der Waals surface area contributed by atoms with Crippen LogP contribution in [0.3, 0.4) is 0 Å². The number of amides is 1. The van der Waals surface area contributed by atoms with Crippen molar-refractivity contribution in [3.63, 3.8) is 0 Å². The SMILES string of the molecule is CC/C=C\C/C=C\C/C=C\C/C=C\C/C=C\CCCCCCCC(=O)NC(COP(=O)([O-])OCC[N+](C)(C)C)C(/C=C/CCCCCCCCCCCCC)OC(=O)CCCCCCC/C=C\C/C=C\C/C=C\C/C=C\CCCCC. The number of carbonyl (C=O) groups is 2. The second kappa shape index (κ2) is 59.6. The van der Waals surface area contributed by atoms with Crippen molar-refractivity contribution in [3.05, 3.63) is 122 Å². The Bertz CT molecular complexity index is 1800. The smallest absolute Gasteiger partial charge is 0.306 e. The third-order valence-corrected chi connectivity index (χ3v) is 14.8. The summed E-state index contributed by atoms with van der Waals surface area (Å²) in [4.78, 5) is 40.1. The summed E-state index contributed by atoms with van der Waals surface area (Å²) in [6.45, 7) is 6.67. The molecule has 0 aromatic rings. The van der Waals surface area contributed by atoms with Gasteiger partial charge in [-0.1, -0.05) is 252 Å². The average Bonchev–Trinajstić information content (AvgIpc) is 3.44. The molecule has 3 unspecified atom stereocenters. The molecule has 0 aromatic carbocycles. The van der Waals surface area contributed by atoms with Crippen LogP contribution in [-0.4, -0.2) is 69.4 Å². The summed E-state index contributed by atoms with van der Waals surface area (Å²) in [6.07, 6.45) is 83.0. The van der Waals surface area contributed by atoms with Crippen molar-refractivity contribution in [3.8, 4) is 0 Å². The molecule has 0 bridgehead atoms. The number of esters is 1. The molecule has 0 fully saturated rings. The number of nitrogens with one attached hydrogen (secondary N) is 1. The number of likely N-dealkylation sites (N-methyl/N-ethyl adjacent to an activating group) is 1. The van der Waals surface area contributed by atoms with Crippen molar-refractivity contribution in [1.82, 2.24) is 5.32 Å². The molecular formula is C71H123N2O7P. The van der Waals surface area contributed by atoms with Gasteiger partial charge in [0.2, 0.25) is 5.91 Å². The lowest BCUT2D eigenvalue weighted by Gasteiger charge is -2.30. The maximum absolute atomic E-state index is 13.6. The van der Waals surface area contributed by atoms with Gasteiger partial charge in [-0.15, -0.1) is 0 Å². The molecule has 0 aliphatic carbocycles. The summed E-state index contributed by atoms with van der Waals surface area (Å²) in [7, 11) is 1.14. The number of unbranched alkanes of at least 4 members (excludes halogenated alkanes) is 24. The van der Waals surface area contributed by atoms with Gasteiger partial charge in [0.1, 0.15) is 19.3 Å². The van der Waals surface area contributed by atoms with Crippen LogP contribution >= 0.6 is 7.82 Å². The zero-order valence-corrected chi connectivity index (χ0v) is 53.8. The van der Waals surface area contributed by atoms with Crippen LogP contribution in [-0.2, 0) is 27.9 Å². The van der Waals surface area contributed by atoms with Crippen molar-refractivity contribution in [1.29, 1.82) is 0 Å². The Morgan fingerprint density at radius 3 is 1.21 bits per heavy atom. The highest BCUT2D eigenvalue weighted by molar-refractivity contribution is 7.45. The van der Waals surface area contributed by atoms with Crippen LogP contribution in [0.1, 0.15) is 265 Å². The second-order valence-electron chi connectivity index (χ2n) is 22.9. The Balaban J connectivity index is 5.32. The number of phosphoric acid groups is 1. The van der Waals surface area contributed by atoms with E-state index < -0.39 is 26.6 Å². The zero-order chi connectivity index (χ0) is 59.3. The highest BCUT2D eigenvalue weighted by atomic mass is 31.2. The fourth-order valence-corrected chi connectivity index (χ4v) is 9.55. The first-order chi connectivity index (χ1) is 39.4. The number of ether oxygens (including phenoxy) is 1. The van der Waals surface area contributed by atoms with Crippen LogP contribution in [0.25, 0.3) is 0 Å². The van der Waals surface area contributed by atoms with Gasteiger partial charge in [-0.3, -0.25) is 14.2 Å². The first kappa shape index (κ1) is 77.4. The maximum Gasteiger partial charge on any atom is 0.306 e. The number of quaternary nitrogens is 1. The third kappa shape index (κ3) is 60.8. The summed E-state index contributed by atoms with van der Waals surface area (Å²) in [6, 6.07) is -0.916. The highest BCUT2D eigenvalue weighted by Crippen LogP contribution is 2.38. The van der Waals surface area contributed by atoms with Gasteiger partial charge in [-0.05, 0) is 122 Å². The topological polar surface area (TPSA) is 114 Å². The molecule has 0 radical (unpaired) electrons. The van der Waals surface area contributed by atoms with E-state index in [1.165, 1.54) is 83.5 Å². The first-order valence-electron chi connectivity index (χ1n) is 32.8. The molecule has 0 aliphatic rings. The van der Waals surface area contributed by atoms with Crippen LogP contribution < -0.4 is 10.2 Å². The standard InChI is InChI=1S/C71H123N2O7P/c1-7-10-13-16-19-22-25-28-30-32-34-36-38-40-42-45-48-51-54-57-60-63-70(74)72-68(67-79-81(76,77)78-66-65-73(4,5)6)69(62-59-56-53-50-47-44-27-24-21-18-15-12-9-3)80-71(75)64-61-58-55-52-49-46-43-41-39-37-35-33-31-29-26-23-20-17-14-11-8-2/h10,13,19-20,22-23,28-31,34-37,40-43,59,62,68-69H,7-9,11-12,14-18,21,24-27,32-33,38-39,44-58,60-61,63-67H2,1-6H3,(H-,72,74,76,77)/b13-10-,22-19-,23-20-,30-28-,31-29-,36-34-,37-35-,42-40-,43-41-,62-59+. The summed E-state index contributed by atoms with van der Waals surface area (Å²) < 4.78 is 30.4.